The van der Waals surface area contributed by atoms with Crippen LogP contribution in [-0.4, -0.2) is 52.2 Å². The van der Waals surface area contributed by atoms with Crippen LogP contribution >= 0.6 is 0 Å². The van der Waals surface area contributed by atoms with Gasteiger partial charge in [-0.3, -0.25) is 9.36 Å². The third kappa shape index (κ3) is 5.68. The maximum Gasteiger partial charge on any atom is 0.258 e. The molecule has 0 saturated carbocycles. The second-order valence-corrected chi connectivity index (χ2v) is 6.24. The van der Waals surface area contributed by atoms with Crippen LogP contribution in [0.2, 0.25) is 0 Å². The number of amides is 1. The Morgan fingerprint density at radius 3 is 2.55 bits per heavy atom. The molecular weight excluding hydrogens is 372 g/mol. The van der Waals surface area contributed by atoms with Crippen molar-refractivity contribution in [1.29, 1.82) is 0 Å². The lowest BCUT2D eigenvalue weighted by Crippen LogP contribution is -2.32. The van der Waals surface area contributed by atoms with E-state index in [0.717, 1.165) is 17.4 Å². The van der Waals surface area contributed by atoms with Crippen LogP contribution in [0.15, 0.2) is 42.7 Å². The van der Waals surface area contributed by atoms with Gasteiger partial charge in [-0.05, 0) is 38.1 Å². The summed E-state index contributed by atoms with van der Waals surface area (Å²) >= 11 is 0. The first kappa shape index (κ1) is 20.1. The number of anilines is 1. The number of aryl methyl sites for hydroxylation is 2. The van der Waals surface area contributed by atoms with Crippen LogP contribution in [0.4, 0.5) is 5.82 Å². The summed E-state index contributed by atoms with van der Waals surface area (Å²) in [5, 5.41) is 6.00. The SMILES string of the molecule is COc1ccc(OCC(=O)NCCNc2cc(-n3ccnc3C)nc(C)n2)cc1. The zero-order valence-electron chi connectivity index (χ0n) is 16.7. The molecular formula is C20H24N6O3. The lowest BCUT2D eigenvalue weighted by molar-refractivity contribution is -0.123. The fourth-order valence-corrected chi connectivity index (χ4v) is 2.65. The molecule has 1 amide bonds. The Morgan fingerprint density at radius 2 is 1.86 bits per heavy atom. The van der Waals surface area contributed by atoms with Gasteiger partial charge in [0.2, 0.25) is 0 Å². The number of rotatable bonds is 9. The lowest BCUT2D eigenvalue weighted by atomic mass is 10.3. The Balaban J connectivity index is 1.43. The Hall–Kier alpha value is -3.62. The van der Waals surface area contributed by atoms with E-state index < -0.39 is 0 Å². The van der Waals surface area contributed by atoms with Gasteiger partial charge < -0.3 is 20.1 Å². The molecule has 3 rings (SSSR count). The topological polar surface area (TPSA) is 103 Å². The predicted molar refractivity (Wildman–Crippen MR) is 109 cm³/mol. The second-order valence-electron chi connectivity index (χ2n) is 6.24. The molecule has 1 aromatic carbocycles. The number of carbonyl (C=O) groups is 1. The van der Waals surface area contributed by atoms with Crippen molar-refractivity contribution >= 4 is 11.7 Å². The highest BCUT2D eigenvalue weighted by Gasteiger charge is 2.07. The van der Waals surface area contributed by atoms with E-state index in [2.05, 4.69) is 25.6 Å². The molecule has 152 valence electrons. The molecule has 0 radical (unpaired) electrons. The minimum absolute atomic E-state index is 0.0526. The fourth-order valence-electron chi connectivity index (χ4n) is 2.65. The van der Waals surface area contributed by atoms with Crippen LogP contribution in [0.1, 0.15) is 11.6 Å². The number of nitrogens with zero attached hydrogens (tertiary/aromatic N) is 4. The molecule has 29 heavy (non-hydrogen) atoms. The molecule has 0 fully saturated rings. The van der Waals surface area contributed by atoms with Crippen LogP contribution in [0, 0.1) is 13.8 Å². The highest BCUT2D eigenvalue weighted by molar-refractivity contribution is 5.77. The molecule has 2 aromatic heterocycles. The first-order valence-electron chi connectivity index (χ1n) is 9.18. The largest absolute Gasteiger partial charge is 0.497 e. The van der Waals surface area contributed by atoms with Crippen molar-refractivity contribution in [2.45, 2.75) is 13.8 Å². The van der Waals surface area contributed by atoms with Crippen LogP contribution in [0.3, 0.4) is 0 Å². The van der Waals surface area contributed by atoms with Gasteiger partial charge >= 0.3 is 0 Å². The smallest absolute Gasteiger partial charge is 0.258 e. The molecule has 0 saturated heterocycles. The van der Waals surface area contributed by atoms with Crippen LogP contribution in [0.25, 0.3) is 5.82 Å². The fraction of sp³-hybridized carbons (Fsp3) is 0.300. The van der Waals surface area contributed by atoms with Crippen molar-refractivity contribution in [3.05, 3.63) is 54.4 Å². The van der Waals surface area contributed by atoms with Crippen molar-refractivity contribution in [2.24, 2.45) is 0 Å². The second kappa shape index (κ2) is 9.54. The summed E-state index contributed by atoms with van der Waals surface area (Å²) in [5.74, 6) is 4.07. The van der Waals surface area contributed by atoms with E-state index in [1.807, 2.05) is 30.7 Å². The Bertz CT molecular complexity index is 955. The van der Waals surface area contributed by atoms with Gasteiger partial charge in [-0.25, -0.2) is 15.0 Å². The number of aromatic nitrogens is 4. The molecule has 9 heteroatoms. The predicted octanol–water partition coefficient (Wildman–Crippen LogP) is 1.89. The number of ether oxygens (including phenoxy) is 2. The minimum atomic E-state index is -0.198. The van der Waals surface area contributed by atoms with Gasteiger partial charge in [0, 0.05) is 31.5 Å². The summed E-state index contributed by atoms with van der Waals surface area (Å²) < 4.78 is 12.4. The molecule has 0 aliphatic heterocycles. The monoisotopic (exact) mass is 396 g/mol. The van der Waals surface area contributed by atoms with Crippen molar-refractivity contribution in [2.75, 3.05) is 32.1 Å². The van der Waals surface area contributed by atoms with Gasteiger partial charge in [-0.2, -0.15) is 0 Å². The van der Waals surface area contributed by atoms with Gasteiger partial charge in [0.15, 0.2) is 6.61 Å². The molecule has 0 spiro atoms. The zero-order chi connectivity index (χ0) is 20.6. The number of hydrogen-bond donors (Lipinski definition) is 2. The van der Waals surface area contributed by atoms with E-state index in [-0.39, 0.29) is 12.5 Å². The van der Waals surface area contributed by atoms with E-state index >= 15 is 0 Å². The zero-order valence-corrected chi connectivity index (χ0v) is 16.7. The van der Waals surface area contributed by atoms with Gasteiger partial charge in [-0.1, -0.05) is 0 Å². The molecule has 0 aliphatic rings. The van der Waals surface area contributed by atoms with E-state index in [1.165, 1.54) is 0 Å². The third-order valence-corrected chi connectivity index (χ3v) is 4.08. The maximum atomic E-state index is 11.9. The summed E-state index contributed by atoms with van der Waals surface area (Å²) in [5.41, 5.74) is 0. The number of nitrogens with one attached hydrogen (secondary N) is 2. The maximum absolute atomic E-state index is 11.9. The summed E-state index contributed by atoms with van der Waals surface area (Å²) in [4.78, 5) is 25.0. The Morgan fingerprint density at radius 1 is 1.10 bits per heavy atom. The highest BCUT2D eigenvalue weighted by Crippen LogP contribution is 2.16. The van der Waals surface area contributed by atoms with E-state index in [9.17, 15) is 4.79 Å². The molecule has 3 aromatic rings. The quantitative estimate of drug-likeness (QED) is 0.533. The van der Waals surface area contributed by atoms with Gasteiger partial charge in [0.05, 0.1) is 7.11 Å². The average Bonchev–Trinajstić information content (AvgIpc) is 3.15. The van der Waals surface area contributed by atoms with Crippen molar-refractivity contribution < 1.29 is 14.3 Å². The number of hydrogen-bond acceptors (Lipinski definition) is 7. The Labute approximate surface area is 169 Å². The summed E-state index contributed by atoms with van der Waals surface area (Å²) in [6, 6.07) is 8.91. The van der Waals surface area contributed by atoms with Gasteiger partial charge in [0.1, 0.15) is 34.8 Å². The molecule has 0 atom stereocenters. The lowest BCUT2D eigenvalue weighted by Gasteiger charge is -2.11. The van der Waals surface area contributed by atoms with Crippen LogP contribution < -0.4 is 20.1 Å². The first-order valence-corrected chi connectivity index (χ1v) is 9.18. The van der Waals surface area contributed by atoms with Crippen molar-refractivity contribution in [1.82, 2.24) is 24.8 Å². The molecule has 0 unspecified atom stereocenters. The van der Waals surface area contributed by atoms with Crippen molar-refractivity contribution in [3.63, 3.8) is 0 Å². The molecule has 0 aliphatic carbocycles. The van der Waals surface area contributed by atoms with E-state index in [0.29, 0.717) is 30.5 Å². The van der Waals surface area contributed by atoms with E-state index in [1.54, 1.807) is 37.6 Å². The molecule has 0 bridgehead atoms. The molecule has 2 heterocycles. The highest BCUT2D eigenvalue weighted by atomic mass is 16.5. The number of carbonyl (C=O) groups excluding carboxylic acids is 1. The van der Waals surface area contributed by atoms with Gasteiger partial charge in [0.25, 0.3) is 5.91 Å². The van der Waals surface area contributed by atoms with Crippen LogP contribution in [0.5, 0.6) is 11.5 Å². The average molecular weight is 396 g/mol. The normalized spacial score (nSPS) is 10.4. The summed E-state index contributed by atoms with van der Waals surface area (Å²) in [6.45, 7) is 4.65. The number of benzene rings is 1. The molecule has 2 N–H and O–H groups in total. The van der Waals surface area contributed by atoms with Gasteiger partial charge in [-0.15, -0.1) is 0 Å². The molecule has 9 nitrogen and oxygen atoms in total. The standard InChI is InChI=1S/C20H24N6O3/c1-14-24-18(12-19(25-14)26-11-10-21-15(26)2)22-8-9-23-20(27)13-29-17-6-4-16(28-3)5-7-17/h4-7,10-12H,8-9,13H2,1-3H3,(H,23,27)(H,22,24,25). The van der Waals surface area contributed by atoms with Crippen LogP contribution in [-0.2, 0) is 4.79 Å². The summed E-state index contributed by atoms with van der Waals surface area (Å²) in [6.07, 6.45) is 3.58. The van der Waals surface area contributed by atoms with Crippen molar-refractivity contribution in [3.8, 4) is 17.3 Å². The number of imidazole rings is 1. The summed E-state index contributed by atoms with van der Waals surface area (Å²) in [7, 11) is 1.60. The number of methoxy groups -OCH3 is 1. The third-order valence-electron chi connectivity index (χ3n) is 4.08. The van der Waals surface area contributed by atoms with E-state index in [4.69, 9.17) is 9.47 Å². The first-order chi connectivity index (χ1) is 14.0. The Kier molecular flexibility index (Phi) is 6.62. The minimum Gasteiger partial charge on any atom is -0.497 e.